The molecule has 0 spiro atoms. The number of aryl methyl sites for hydroxylation is 1. The summed E-state index contributed by atoms with van der Waals surface area (Å²) in [7, 11) is 0. The maximum Gasteiger partial charge on any atom is 0.302 e. The van der Waals surface area contributed by atoms with Crippen LogP contribution in [0.5, 0.6) is 0 Å². The van der Waals surface area contributed by atoms with E-state index in [4.69, 9.17) is 10.2 Å². The number of aromatic nitrogens is 1. The van der Waals surface area contributed by atoms with E-state index in [0.717, 1.165) is 30.5 Å². The van der Waals surface area contributed by atoms with Gasteiger partial charge in [-0.3, -0.25) is 4.90 Å². The molecule has 0 bridgehead atoms. The van der Waals surface area contributed by atoms with Crippen molar-refractivity contribution in [2.45, 2.75) is 19.3 Å². The minimum atomic E-state index is 0.657. The molecule has 2 aromatic carbocycles. The molecule has 0 fully saturated rings. The second kappa shape index (κ2) is 4.81. The van der Waals surface area contributed by atoms with Crippen LogP contribution in [0.15, 0.2) is 46.9 Å². The molecule has 2 heterocycles. The highest BCUT2D eigenvalue weighted by Crippen LogP contribution is 2.33. The van der Waals surface area contributed by atoms with Crippen LogP contribution in [-0.2, 0) is 6.42 Å². The van der Waals surface area contributed by atoms with E-state index in [-0.39, 0.29) is 0 Å². The number of anilines is 3. The van der Waals surface area contributed by atoms with Crippen LogP contribution in [0, 0.1) is 0 Å². The van der Waals surface area contributed by atoms with E-state index in [1.807, 2.05) is 18.2 Å². The molecule has 0 unspecified atom stereocenters. The van der Waals surface area contributed by atoms with E-state index >= 15 is 0 Å². The number of nitrogens with zero attached hydrogens (tertiary/aromatic N) is 2. The first kappa shape index (κ1) is 12.3. The Morgan fingerprint density at radius 3 is 2.95 bits per heavy atom. The number of benzene rings is 2. The predicted molar refractivity (Wildman–Crippen MR) is 84.8 cm³/mol. The Labute approximate surface area is 123 Å². The molecule has 0 amide bonds. The summed E-state index contributed by atoms with van der Waals surface area (Å²) in [6.07, 6.45) is 3.44. The van der Waals surface area contributed by atoms with Gasteiger partial charge in [0.05, 0.1) is 0 Å². The summed E-state index contributed by atoms with van der Waals surface area (Å²) in [4.78, 5) is 6.80. The summed E-state index contributed by atoms with van der Waals surface area (Å²) in [5, 5.41) is 0. The second-order valence-electron chi connectivity index (χ2n) is 5.46. The van der Waals surface area contributed by atoms with Gasteiger partial charge in [0, 0.05) is 17.9 Å². The summed E-state index contributed by atoms with van der Waals surface area (Å²) in [5.41, 5.74) is 10.7. The Morgan fingerprint density at radius 2 is 2.00 bits per heavy atom. The Kier molecular flexibility index (Phi) is 2.81. The van der Waals surface area contributed by atoms with Crippen molar-refractivity contribution in [1.29, 1.82) is 0 Å². The molecule has 0 atom stereocenters. The van der Waals surface area contributed by atoms with Crippen LogP contribution in [-0.4, -0.2) is 11.5 Å². The Hall–Kier alpha value is -2.49. The molecule has 3 aromatic rings. The number of oxazole rings is 1. The van der Waals surface area contributed by atoms with Crippen molar-refractivity contribution in [3.63, 3.8) is 0 Å². The number of fused-ring (bicyclic) bond motifs is 2. The number of hydrogen-bond donors (Lipinski definition) is 1. The van der Waals surface area contributed by atoms with Gasteiger partial charge < -0.3 is 10.2 Å². The van der Waals surface area contributed by atoms with Gasteiger partial charge >= 0.3 is 6.01 Å². The molecular formula is C17H17N3O. The second-order valence-corrected chi connectivity index (χ2v) is 5.46. The molecule has 2 N–H and O–H groups in total. The van der Waals surface area contributed by atoms with Gasteiger partial charge in [-0.1, -0.05) is 18.2 Å². The fourth-order valence-corrected chi connectivity index (χ4v) is 2.94. The molecular weight excluding hydrogens is 262 g/mol. The standard InChI is InChI=1S/C17H17N3O/c18-13-8-9-16-14(11-13)19-17(21-16)20-10-4-3-6-12-5-1-2-7-15(12)20/h1-2,5,7-9,11H,3-4,6,10,18H2. The number of nitrogen functional groups attached to an aromatic ring is 1. The first-order chi connectivity index (χ1) is 10.3. The van der Waals surface area contributed by atoms with E-state index in [0.29, 0.717) is 11.7 Å². The normalized spacial score (nSPS) is 15.0. The van der Waals surface area contributed by atoms with Crippen molar-refractivity contribution in [2.75, 3.05) is 17.2 Å². The summed E-state index contributed by atoms with van der Waals surface area (Å²) in [6.45, 7) is 0.930. The van der Waals surface area contributed by atoms with E-state index in [2.05, 4.69) is 34.1 Å². The summed E-state index contributed by atoms with van der Waals surface area (Å²) in [5.74, 6) is 0. The number of para-hydroxylation sites is 1. The van der Waals surface area contributed by atoms with Crippen LogP contribution < -0.4 is 10.6 Å². The van der Waals surface area contributed by atoms with Crippen molar-refractivity contribution in [2.24, 2.45) is 0 Å². The van der Waals surface area contributed by atoms with Gasteiger partial charge in [0.2, 0.25) is 0 Å². The lowest BCUT2D eigenvalue weighted by atomic mass is 10.1. The third-order valence-corrected chi connectivity index (χ3v) is 3.99. The summed E-state index contributed by atoms with van der Waals surface area (Å²) < 4.78 is 5.93. The predicted octanol–water partition coefficient (Wildman–Crippen LogP) is 3.88. The average Bonchev–Trinajstić information content (AvgIpc) is 2.78. The van der Waals surface area contributed by atoms with Gasteiger partial charge in [0.1, 0.15) is 5.52 Å². The minimum Gasteiger partial charge on any atom is -0.423 e. The van der Waals surface area contributed by atoms with Crippen molar-refractivity contribution in [3.8, 4) is 0 Å². The van der Waals surface area contributed by atoms with Crippen molar-refractivity contribution < 1.29 is 4.42 Å². The first-order valence-electron chi connectivity index (χ1n) is 7.33. The van der Waals surface area contributed by atoms with Crippen molar-refractivity contribution in [3.05, 3.63) is 48.0 Å². The summed E-state index contributed by atoms with van der Waals surface area (Å²) >= 11 is 0. The molecule has 0 saturated carbocycles. The lowest BCUT2D eigenvalue weighted by molar-refractivity contribution is 0.588. The Balaban J connectivity index is 1.84. The van der Waals surface area contributed by atoms with E-state index < -0.39 is 0 Å². The quantitative estimate of drug-likeness (QED) is 0.687. The fraction of sp³-hybridized carbons (Fsp3) is 0.235. The molecule has 1 aliphatic rings. The molecule has 0 saturated heterocycles. The molecule has 1 aromatic heterocycles. The van der Waals surface area contributed by atoms with E-state index in [1.54, 1.807) is 0 Å². The molecule has 1 aliphatic heterocycles. The largest absolute Gasteiger partial charge is 0.423 e. The van der Waals surface area contributed by atoms with Crippen LogP contribution in [0.25, 0.3) is 11.1 Å². The SMILES string of the molecule is Nc1ccc2oc(N3CCCCc4ccccc43)nc2c1. The molecule has 21 heavy (non-hydrogen) atoms. The summed E-state index contributed by atoms with van der Waals surface area (Å²) in [6, 6.07) is 14.7. The number of hydrogen-bond acceptors (Lipinski definition) is 4. The molecule has 4 nitrogen and oxygen atoms in total. The number of nitrogens with two attached hydrogens (primary N) is 1. The number of rotatable bonds is 1. The van der Waals surface area contributed by atoms with Crippen LogP contribution in [0.2, 0.25) is 0 Å². The fourth-order valence-electron chi connectivity index (χ4n) is 2.94. The minimum absolute atomic E-state index is 0.657. The van der Waals surface area contributed by atoms with Crippen molar-refractivity contribution >= 4 is 28.5 Å². The first-order valence-corrected chi connectivity index (χ1v) is 7.33. The van der Waals surface area contributed by atoms with Crippen LogP contribution in [0.3, 0.4) is 0 Å². The molecule has 4 rings (SSSR count). The third-order valence-electron chi connectivity index (χ3n) is 3.99. The highest BCUT2D eigenvalue weighted by molar-refractivity contribution is 5.79. The lowest BCUT2D eigenvalue weighted by Crippen LogP contribution is -2.18. The zero-order valence-corrected chi connectivity index (χ0v) is 11.7. The van der Waals surface area contributed by atoms with Gasteiger partial charge in [-0.15, -0.1) is 0 Å². The van der Waals surface area contributed by atoms with E-state index in [9.17, 15) is 0 Å². The molecule has 0 radical (unpaired) electrons. The highest BCUT2D eigenvalue weighted by atomic mass is 16.4. The van der Waals surface area contributed by atoms with Crippen LogP contribution in [0.1, 0.15) is 18.4 Å². The average molecular weight is 279 g/mol. The zero-order valence-electron chi connectivity index (χ0n) is 11.7. The van der Waals surface area contributed by atoms with Gasteiger partial charge in [0.15, 0.2) is 5.58 Å². The van der Waals surface area contributed by atoms with E-state index in [1.165, 1.54) is 17.7 Å². The zero-order chi connectivity index (χ0) is 14.2. The maximum atomic E-state index is 5.93. The smallest absolute Gasteiger partial charge is 0.302 e. The Morgan fingerprint density at radius 1 is 1.10 bits per heavy atom. The molecule has 0 aliphatic carbocycles. The van der Waals surface area contributed by atoms with Crippen LogP contribution >= 0.6 is 0 Å². The monoisotopic (exact) mass is 279 g/mol. The van der Waals surface area contributed by atoms with Crippen molar-refractivity contribution in [1.82, 2.24) is 4.98 Å². The van der Waals surface area contributed by atoms with Gasteiger partial charge in [-0.25, -0.2) is 0 Å². The van der Waals surface area contributed by atoms with Crippen LogP contribution in [0.4, 0.5) is 17.4 Å². The van der Waals surface area contributed by atoms with Gasteiger partial charge in [-0.05, 0) is 49.1 Å². The lowest BCUT2D eigenvalue weighted by Gasteiger charge is -2.20. The maximum absolute atomic E-state index is 5.93. The Bertz CT molecular complexity index is 794. The molecule has 106 valence electrons. The third kappa shape index (κ3) is 2.13. The van der Waals surface area contributed by atoms with Gasteiger partial charge in [-0.2, -0.15) is 4.98 Å². The van der Waals surface area contributed by atoms with Gasteiger partial charge in [0.25, 0.3) is 0 Å². The highest BCUT2D eigenvalue weighted by Gasteiger charge is 2.20. The molecule has 4 heteroatoms. The topological polar surface area (TPSA) is 55.3 Å².